The van der Waals surface area contributed by atoms with Gasteiger partial charge in [0.05, 0.1) is 11.5 Å². The number of carbonyl (C=O) groups excluding carboxylic acids is 1. The molecule has 4 aliphatic rings. The summed E-state index contributed by atoms with van der Waals surface area (Å²) in [5, 5.41) is 26.5. The lowest BCUT2D eigenvalue weighted by Gasteiger charge is -2.72. The van der Waals surface area contributed by atoms with Gasteiger partial charge in [0.2, 0.25) is 5.91 Å². The summed E-state index contributed by atoms with van der Waals surface area (Å²) in [4.78, 5) is 14.2. The van der Waals surface area contributed by atoms with Crippen molar-refractivity contribution in [2.45, 2.75) is 125 Å². The van der Waals surface area contributed by atoms with Crippen molar-refractivity contribution >= 4 is 11.7 Å². The molecule has 0 aliphatic heterocycles. The van der Waals surface area contributed by atoms with E-state index >= 15 is 0 Å². The van der Waals surface area contributed by atoms with Crippen molar-refractivity contribution in [3.8, 4) is 0 Å². The first kappa shape index (κ1) is 31.3. The topological polar surface area (TPSA) is 108 Å². The molecule has 5 rings (SSSR count). The largest absolute Gasteiger partial charge is 0.409 e. The highest BCUT2D eigenvalue weighted by atomic mass is 16.4. The monoisotopic (exact) mass is 579 g/mol. The molecule has 0 radical (unpaired) electrons. The summed E-state index contributed by atoms with van der Waals surface area (Å²) < 4.78 is 0. The highest BCUT2D eigenvalue weighted by Crippen LogP contribution is 2.75. The molecule has 0 bridgehead atoms. The van der Waals surface area contributed by atoms with Gasteiger partial charge in [0.1, 0.15) is 0 Å². The van der Waals surface area contributed by atoms with Gasteiger partial charge in [0, 0.05) is 12.1 Å². The number of nitrogens with zero attached hydrogens (tertiary/aromatic N) is 1. The number of amides is 1. The second kappa shape index (κ2) is 10.8. The molecule has 4 saturated carbocycles. The SMILES string of the molecule is CCCC1(C(=O)NCc2cccc(/C(N)=N/O)c2)CC[C@]2(C)C(CCC3C4(C)CCC(O)C(C)(C)C4CCC32C)C1C. The van der Waals surface area contributed by atoms with Crippen LogP contribution in [0.2, 0.25) is 0 Å². The van der Waals surface area contributed by atoms with Crippen LogP contribution in [-0.4, -0.2) is 28.2 Å². The summed E-state index contributed by atoms with van der Waals surface area (Å²) in [6.07, 6.45) is 10.7. The summed E-state index contributed by atoms with van der Waals surface area (Å²) in [6.45, 7) is 17.5. The Labute approximate surface area is 254 Å². The van der Waals surface area contributed by atoms with E-state index in [2.05, 4.69) is 58.9 Å². The molecule has 6 nitrogen and oxygen atoms in total. The molecule has 0 heterocycles. The number of amidine groups is 1. The van der Waals surface area contributed by atoms with Crippen molar-refractivity contribution < 1.29 is 15.1 Å². The Morgan fingerprint density at radius 3 is 2.43 bits per heavy atom. The quantitative estimate of drug-likeness (QED) is 0.123. The van der Waals surface area contributed by atoms with E-state index in [1.54, 1.807) is 0 Å². The summed E-state index contributed by atoms with van der Waals surface area (Å²) in [5.41, 5.74) is 7.74. The summed E-state index contributed by atoms with van der Waals surface area (Å²) >= 11 is 0. The minimum Gasteiger partial charge on any atom is -0.409 e. The zero-order valence-corrected chi connectivity index (χ0v) is 27.3. The normalized spacial score (nSPS) is 43.0. The van der Waals surface area contributed by atoms with E-state index in [0.29, 0.717) is 35.8 Å². The average molecular weight is 580 g/mol. The predicted molar refractivity (Wildman–Crippen MR) is 169 cm³/mol. The molecule has 42 heavy (non-hydrogen) atoms. The zero-order valence-electron chi connectivity index (χ0n) is 27.3. The molecule has 6 heteroatoms. The van der Waals surface area contributed by atoms with E-state index in [4.69, 9.17) is 10.9 Å². The van der Waals surface area contributed by atoms with E-state index < -0.39 is 0 Å². The fourth-order valence-corrected chi connectivity index (χ4v) is 11.8. The van der Waals surface area contributed by atoms with Crippen LogP contribution in [0.3, 0.4) is 0 Å². The Hall–Kier alpha value is -2.08. The van der Waals surface area contributed by atoms with E-state index in [9.17, 15) is 9.90 Å². The zero-order chi connectivity index (χ0) is 30.7. The standard InChI is InChI=1S/C36H57N3O3/c1-8-16-36(31(41)38-22-24-10-9-11-25(21-24)30(37)39-42)20-19-34(6)26(23(36)2)12-13-28-33(5)17-15-29(40)32(3,4)27(33)14-18-35(28,34)7/h9-11,21,23,26-29,40,42H,8,12-20,22H2,1-7H3,(H2,37,39)(H,38,41)/t23?,26?,27?,28?,29?,33?,34-,35?,36?/m1/s1. The average Bonchev–Trinajstić information content (AvgIpc) is 2.96. The van der Waals surface area contributed by atoms with Crippen molar-refractivity contribution in [3.05, 3.63) is 35.4 Å². The van der Waals surface area contributed by atoms with Crippen molar-refractivity contribution in [3.63, 3.8) is 0 Å². The Bertz CT molecular complexity index is 1210. The molecular weight excluding hydrogens is 522 g/mol. The van der Waals surface area contributed by atoms with Crippen molar-refractivity contribution in [2.75, 3.05) is 0 Å². The smallest absolute Gasteiger partial charge is 0.226 e. The van der Waals surface area contributed by atoms with Gasteiger partial charge in [-0.15, -0.1) is 0 Å². The van der Waals surface area contributed by atoms with Crippen LogP contribution in [-0.2, 0) is 11.3 Å². The molecule has 0 spiro atoms. The van der Waals surface area contributed by atoms with Gasteiger partial charge in [-0.3, -0.25) is 4.79 Å². The lowest BCUT2D eigenvalue weighted by Crippen LogP contribution is -2.67. The third-order valence-electron chi connectivity index (χ3n) is 14.4. The Balaban J connectivity index is 1.39. The highest BCUT2D eigenvalue weighted by Gasteiger charge is 2.69. The number of hydrogen-bond acceptors (Lipinski definition) is 4. The molecule has 234 valence electrons. The molecule has 0 saturated heterocycles. The maximum Gasteiger partial charge on any atom is 0.226 e. The molecule has 1 aromatic carbocycles. The van der Waals surface area contributed by atoms with Gasteiger partial charge in [0.25, 0.3) is 0 Å². The summed E-state index contributed by atoms with van der Waals surface area (Å²) in [5.74, 6) is 2.34. The molecule has 5 N–H and O–H groups in total. The molecule has 1 amide bonds. The number of rotatable bonds is 6. The van der Waals surface area contributed by atoms with Crippen LogP contribution in [0.15, 0.2) is 29.4 Å². The first-order chi connectivity index (χ1) is 19.7. The number of aliphatic hydroxyl groups excluding tert-OH is 1. The Kier molecular flexibility index (Phi) is 8.08. The number of nitrogens with one attached hydrogen (secondary N) is 1. The van der Waals surface area contributed by atoms with Crippen molar-refractivity contribution in [1.82, 2.24) is 5.32 Å². The van der Waals surface area contributed by atoms with Crippen LogP contribution >= 0.6 is 0 Å². The van der Waals surface area contributed by atoms with Crippen LogP contribution in [0, 0.1) is 50.7 Å². The third kappa shape index (κ3) is 4.44. The van der Waals surface area contributed by atoms with Gasteiger partial charge < -0.3 is 21.4 Å². The first-order valence-electron chi connectivity index (χ1n) is 16.7. The van der Waals surface area contributed by atoms with E-state index in [0.717, 1.165) is 44.1 Å². The fraction of sp³-hybridized carbons (Fsp3) is 0.778. The minimum absolute atomic E-state index is 0.0313. The Morgan fingerprint density at radius 1 is 1.00 bits per heavy atom. The minimum atomic E-state index is -0.358. The lowest BCUT2D eigenvalue weighted by molar-refractivity contribution is -0.246. The number of fused-ring (bicyclic) bond motifs is 5. The molecule has 8 unspecified atom stereocenters. The Morgan fingerprint density at radius 2 is 1.74 bits per heavy atom. The number of carbonyl (C=O) groups is 1. The number of aliphatic hydroxyl groups is 1. The van der Waals surface area contributed by atoms with E-state index in [-0.39, 0.29) is 44.9 Å². The van der Waals surface area contributed by atoms with E-state index in [1.807, 2.05) is 24.3 Å². The summed E-state index contributed by atoms with van der Waals surface area (Å²) in [7, 11) is 0. The fourth-order valence-electron chi connectivity index (χ4n) is 11.8. The predicted octanol–water partition coefficient (Wildman–Crippen LogP) is 7.25. The number of nitrogens with two attached hydrogens (primary N) is 1. The maximum atomic E-state index is 14.2. The van der Waals surface area contributed by atoms with Gasteiger partial charge in [0.15, 0.2) is 5.84 Å². The molecule has 1 aromatic rings. The molecular formula is C36H57N3O3. The molecule has 4 aliphatic carbocycles. The second-order valence-corrected chi connectivity index (χ2v) is 16.1. The number of benzene rings is 1. The van der Waals surface area contributed by atoms with Gasteiger partial charge in [-0.25, -0.2) is 0 Å². The summed E-state index contributed by atoms with van der Waals surface area (Å²) in [6, 6.07) is 7.55. The number of hydrogen-bond donors (Lipinski definition) is 4. The van der Waals surface area contributed by atoms with Crippen LogP contribution in [0.1, 0.15) is 124 Å². The molecule has 4 fully saturated rings. The number of oxime groups is 1. The maximum absolute atomic E-state index is 14.2. The van der Waals surface area contributed by atoms with Crippen LogP contribution in [0.25, 0.3) is 0 Å². The van der Waals surface area contributed by atoms with Gasteiger partial charge in [-0.2, -0.15) is 0 Å². The van der Waals surface area contributed by atoms with E-state index in [1.165, 1.54) is 25.7 Å². The van der Waals surface area contributed by atoms with Crippen molar-refractivity contribution in [2.24, 2.45) is 61.6 Å². The third-order valence-corrected chi connectivity index (χ3v) is 14.4. The molecule has 0 aromatic heterocycles. The molecule has 9 atom stereocenters. The lowest BCUT2D eigenvalue weighted by atomic mass is 9.32. The van der Waals surface area contributed by atoms with Gasteiger partial charge >= 0.3 is 0 Å². The second-order valence-electron chi connectivity index (χ2n) is 16.1. The van der Waals surface area contributed by atoms with Gasteiger partial charge in [-0.1, -0.05) is 78.2 Å². The van der Waals surface area contributed by atoms with Gasteiger partial charge in [-0.05, 0) is 115 Å². The van der Waals surface area contributed by atoms with Crippen molar-refractivity contribution in [1.29, 1.82) is 0 Å². The first-order valence-corrected chi connectivity index (χ1v) is 16.7. The van der Waals surface area contributed by atoms with Crippen LogP contribution in [0.4, 0.5) is 0 Å². The van der Waals surface area contributed by atoms with Crippen LogP contribution in [0.5, 0.6) is 0 Å². The van der Waals surface area contributed by atoms with Crippen LogP contribution < -0.4 is 11.1 Å². The highest BCUT2D eigenvalue weighted by molar-refractivity contribution is 5.97.